The van der Waals surface area contributed by atoms with Gasteiger partial charge < -0.3 is 9.47 Å². The van der Waals surface area contributed by atoms with Gasteiger partial charge in [0.1, 0.15) is 0 Å². The predicted molar refractivity (Wildman–Crippen MR) is 107 cm³/mol. The van der Waals surface area contributed by atoms with E-state index in [1.165, 1.54) is 51.4 Å². The normalized spacial score (nSPS) is 31.1. The van der Waals surface area contributed by atoms with E-state index in [0.29, 0.717) is 19.6 Å². The molecule has 2 aliphatic rings. The molecule has 2 rings (SSSR count). The minimum Gasteiger partial charge on any atom is -0.409 e. The highest BCUT2D eigenvalue weighted by atomic mass is 19.3. The predicted octanol–water partition coefficient (Wildman–Crippen LogP) is 6.64. The second-order valence-electron chi connectivity index (χ2n) is 8.82. The minimum absolute atomic E-state index is 0.0865. The second-order valence-corrected chi connectivity index (χ2v) is 8.82. The zero-order valence-electron chi connectivity index (χ0n) is 17.3. The summed E-state index contributed by atoms with van der Waals surface area (Å²) in [6, 6.07) is 0. The van der Waals surface area contributed by atoms with Gasteiger partial charge in [0, 0.05) is 25.6 Å². The minimum atomic E-state index is -2.54. The maximum Gasteiger partial charge on any atom is 0.253 e. The molecule has 0 radical (unpaired) electrons. The van der Waals surface area contributed by atoms with Gasteiger partial charge in [0.05, 0.1) is 6.10 Å². The molecule has 2 saturated carbocycles. The fourth-order valence-electron chi connectivity index (χ4n) is 4.63. The van der Waals surface area contributed by atoms with Gasteiger partial charge >= 0.3 is 0 Å². The Kier molecular flexibility index (Phi) is 10.4. The van der Waals surface area contributed by atoms with Crippen molar-refractivity contribution in [2.45, 2.75) is 96.0 Å². The summed E-state index contributed by atoms with van der Waals surface area (Å²) < 4.78 is 38.7. The number of hydrogen-bond donors (Lipinski definition) is 0. The van der Waals surface area contributed by atoms with Gasteiger partial charge in [0.25, 0.3) is 5.92 Å². The quantitative estimate of drug-likeness (QED) is 0.276. The van der Waals surface area contributed by atoms with Crippen LogP contribution in [0.5, 0.6) is 0 Å². The van der Waals surface area contributed by atoms with Crippen LogP contribution >= 0.6 is 0 Å². The van der Waals surface area contributed by atoms with Gasteiger partial charge in [-0.05, 0) is 50.5 Å². The monoisotopic (exact) mass is 386 g/mol. The summed E-state index contributed by atoms with van der Waals surface area (Å²) in [5.74, 6) is -1.29. The van der Waals surface area contributed by atoms with Crippen molar-refractivity contribution in [2.24, 2.45) is 17.8 Å². The first-order chi connectivity index (χ1) is 13.0. The Balaban J connectivity index is 1.44. The third-order valence-corrected chi connectivity index (χ3v) is 6.61. The highest BCUT2D eigenvalue weighted by Gasteiger charge is 2.42. The Labute approximate surface area is 165 Å². The van der Waals surface area contributed by atoms with E-state index in [1.54, 1.807) is 13.3 Å². The fraction of sp³-hybridized carbons (Fsp3) is 0.913. The average molecular weight is 387 g/mol. The van der Waals surface area contributed by atoms with Crippen LogP contribution in [0.25, 0.3) is 0 Å². The van der Waals surface area contributed by atoms with E-state index >= 15 is 0 Å². The molecule has 2 fully saturated rings. The van der Waals surface area contributed by atoms with E-state index in [4.69, 9.17) is 9.47 Å². The topological polar surface area (TPSA) is 18.5 Å². The number of ether oxygens (including phenoxy) is 2. The van der Waals surface area contributed by atoms with Crippen molar-refractivity contribution in [3.05, 3.63) is 13.3 Å². The third-order valence-electron chi connectivity index (χ3n) is 6.61. The Morgan fingerprint density at radius 3 is 2.22 bits per heavy atom. The summed E-state index contributed by atoms with van der Waals surface area (Å²) in [5.41, 5.74) is 0. The number of hydrogen-bond acceptors (Lipinski definition) is 2. The zero-order valence-corrected chi connectivity index (χ0v) is 17.3. The molecule has 0 heterocycles. The second kappa shape index (κ2) is 12.3. The van der Waals surface area contributed by atoms with Gasteiger partial charge in [-0.2, -0.15) is 0 Å². The molecule has 0 aromatic carbocycles. The van der Waals surface area contributed by atoms with Crippen LogP contribution < -0.4 is 0 Å². The SMILES string of the molecule is [CH2+][CH-]COCCCC1CCC(CCCCOC2CCC(C)C(F)(F)C2)CC1. The van der Waals surface area contributed by atoms with Gasteiger partial charge in [-0.3, -0.25) is 0 Å². The Bertz CT molecular complexity index is 381. The molecule has 0 aliphatic heterocycles. The molecule has 27 heavy (non-hydrogen) atoms. The van der Waals surface area contributed by atoms with Crippen molar-refractivity contribution in [1.29, 1.82) is 0 Å². The maximum atomic E-state index is 13.7. The summed E-state index contributed by atoms with van der Waals surface area (Å²) in [5, 5.41) is 0. The van der Waals surface area contributed by atoms with Crippen molar-refractivity contribution in [2.75, 3.05) is 19.8 Å². The molecular weight excluding hydrogens is 346 g/mol. The van der Waals surface area contributed by atoms with Crippen LogP contribution in [0, 0.1) is 31.1 Å². The third kappa shape index (κ3) is 8.68. The van der Waals surface area contributed by atoms with Crippen LogP contribution in [0.2, 0.25) is 0 Å². The Morgan fingerprint density at radius 2 is 1.59 bits per heavy atom. The first-order valence-electron chi connectivity index (χ1n) is 11.2. The molecule has 0 saturated heterocycles. The molecule has 158 valence electrons. The summed E-state index contributed by atoms with van der Waals surface area (Å²) in [6.07, 6.45) is 14.2. The van der Waals surface area contributed by atoms with Crippen LogP contribution in [-0.4, -0.2) is 31.8 Å². The molecule has 2 nitrogen and oxygen atoms in total. The Hall–Kier alpha value is -0.350. The van der Waals surface area contributed by atoms with Gasteiger partial charge in [-0.15, -0.1) is 6.42 Å². The molecule has 0 aromatic heterocycles. The van der Waals surface area contributed by atoms with E-state index in [2.05, 4.69) is 6.92 Å². The molecule has 2 unspecified atom stereocenters. The van der Waals surface area contributed by atoms with Crippen LogP contribution in [-0.2, 0) is 9.47 Å². The van der Waals surface area contributed by atoms with E-state index in [-0.39, 0.29) is 12.5 Å². The molecule has 2 aliphatic carbocycles. The first kappa shape index (κ1) is 22.9. The molecule has 0 bridgehead atoms. The lowest BCUT2D eigenvalue weighted by Gasteiger charge is -2.34. The molecule has 0 aromatic rings. The number of alkyl halides is 2. The summed E-state index contributed by atoms with van der Waals surface area (Å²) in [6.45, 7) is 7.49. The highest BCUT2D eigenvalue weighted by Crippen LogP contribution is 2.39. The van der Waals surface area contributed by atoms with Crippen LogP contribution in [0.1, 0.15) is 84.0 Å². The zero-order chi connectivity index (χ0) is 19.5. The number of unbranched alkanes of at least 4 members (excludes halogenated alkanes) is 1. The van der Waals surface area contributed by atoms with Crippen LogP contribution in [0.15, 0.2) is 0 Å². The van der Waals surface area contributed by atoms with Crippen molar-refractivity contribution in [3.63, 3.8) is 0 Å². The first-order valence-corrected chi connectivity index (χ1v) is 11.2. The number of rotatable bonds is 12. The Morgan fingerprint density at radius 1 is 0.926 bits per heavy atom. The van der Waals surface area contributed by atoms with Crippen molar-refractivity contribution < 1.29 is 18.3 Å². The summed E-state index contributed by atoms with van der Waals surface area (Å²) in [7, 11) is 0. The van der Waals surface area contributed by atoms with E-state index < -0.39 is 11.8 Å². The van der Waals surface area contributed by atoms with Crippen molar-refractivity contribution in [3.8, 4) is 0 Å². The van der Waals surface area contributed by atoms with Crippen LogP contribution in [0.3, 0.4) is 0 Å². The maximum absolute atomic E-state index is 13.7. The summed E-state index contributed by atoms with van der Waals surface area (Å²) >= 11 is 0. The van der Waals surface area contributed by atoms with E-state index in [1.807, 2.05) is 0 Å². The lowest BCUT2D eigenvalue weighted by Crippen LogP contribution is -2.37. The standard InChI is InChI=1S/C23H40F2O2/c1-3-15-26-16-6-8-21-12-10-20(11-13-21)7-4-5-17-27-22-14-9-19(2)23(24,25)18-22/h3,19-22H,1,4-18H2,2H3. The van der Waals surface area contributed by atoms with Gasteiger partial charge in [0.2, 0.25) is 0 Å². The number of halogens is 2. The van der Waals surface area contributed by atoms with Gasteiger partial charge in [-0.1, -0.05) is 52.4 Å². The molecule has 0 spiro atoms. The van der Waals surface area contributed by atoms with E-state index in [9.17, 15) is 8.78 Å². The van der Waals surface area contributed by atoms with Crippen LogP contribution in [0.4, 0.5) is 8.78 Å². The van der Waals surface area contributed by atoms with E-state index in [0.717, 1.165) is 31.3 Å². The largest absolute Gasteiger partial charge is 0.409 e. The lowest BCUT2D eigenvalue weighted by atomic mass is 9.78. The fourth-order valence-corrected chi connectivity index (χ4v) is 4.63. The molecule has 0 amide bonds. The highest BCUT2D eigenvalue weighted by molar-refractivity contribution is 4.84. The van der Waals surface area contributed by atoms with Gasteiger partial charge in [0.15, 0.2) is 0 Å². The average Bonchev–Trinajstić information content (AvgIpc) is 2.65. The van der Waals surface area contributed by atoms with Crippen molar-refractivity contribution in [1.82, 2.24) is 0 Å². The molecule has 4 heteroatoms. The van der Waals surface area contributed by atoms with Crippen molar-refractivity contribution >= 4 is 0 Å². The van der Waals surface area contributed by atoms with Gasteiger partial charge in [-0.25, -0.2) is 8.78 Å². The molecule has 2 atom stereocenters. The molecule has 0 N–H and O–H groups in total. The summed E-state index contributed by atoms with van der Waals surface area (Å²) in [4.78, 5) is 0. The lowest BCUT2D eigenvalue weighted by molar-refractivity contribution is -0.129. The molecular formula is C23H40F2O2. The smallest absolute Gasteiger partial charge is 0.253 e.